The van der Waals surface area contributed by atoms with Gasteiger partial charge in [-0.3, -0.25) is 16.2 Å². The molecular formula is C14H22ClFN4. The van der Waals surface area contributed by atoms with Gasteiger partial charge in [-0.1, -0.05) is 17.7 Å². The fourth-order valence-electron chi connectivity index (χ4n) is 2.71. The largest absolute Gasteiger partial charge is 0.303 e. The lowest BCUT2D eigenvalue weighted by Gasteiger charge is -2.41. The smallest absolute Gasteiger partial charge is 0.142 e. The topological polar surface area (TPSA) is 44.5 Å². The molecule has 0 radical (unpaired) electrons. The molecule has 1 heterocycles. The summed E-state index contributed by atoms with van der Waals surface area (Å²) >= 11 is 5.71. The summed E-state index contributed by atoms with van der Waals surface area (Å²) in [5.74, 6) is 5.33. The normalized spacial score (nSPS) is 22.9. The van der Waals surface area contributed by atoms with Crippen LogP contribution in [0.1, 0.15) is 5.56 Å². The van der Waals surface area contributed by atoms with E-state index in [-0.39, 0.29) is 16.9 Å². The molecule has 1 aromatic rings. The molecule has 0 aromatic heterocycles. The quantitative estimate of drug-likeness (QED) is 0.646. The highest BCUT2D eigenvalue weighted by molar-refractivity contribution is 6.30. The first kappa shape index (κ1) is 15.7. The number of nitrogens with one attached hydrogen (secondary N) is 1. The number of nitrogens with zero attached hydrogens (tertiary/aromatic N) is 2. The van der Waals surface area contributed by atoms with Crippen LogP contribution in [0.2, 0.25) is 5.02 Å². The SMILES string of the molecule is CN1CCN(C)C(C(Cc2ccc(Cl)c(F)c2)NN)C1. The summed E-state index contributed by atoms with van der Waals surface area (Å²) in [4.78, 5) is 4.59. The second-order valence-corrected chi connectivity index (χ2v) is 5.94. The first-order chi connectivity index (χ1) is 9.51. The first-order valence-electron chi connectivity index (χ1n) is 6.80. The van der Waals surface area contributed by atoms with Gasteiger partial charge in [-0.05, 0) is 38.2 Å². The Morgan fingerprint density at radius 1 is 1.45 bits per heavy atom. The summed E-state index contributed by atoms with van der Waals surface area (Å²) in [6.45, 7) is 3.01. The van der Waals surface area contributed by atoms with Crippen molar-refractivity contribution in [2.45, 2.75) is 18.5 Å². The van der Waals surface area contributed by atoms with E-state index in [9.17, 15) is 4.39 Å². The van der Waals surface area contributed by atoms with E-state index in [0.717, 1.165) is 25.2 Å². The zero-order chi connectivity index (χ0) is 14.7. The molecule has 6 heteroatoms. The lowest BCUT2D eigenvalue weighted by atomic mass is 9.97. The Labute approximate surface area is 124 Å². The van der Waals surface area contributed by atoms with Crippen molar-refractivity contribution < 1.29 is 4.39 Å². The Balaban J connectivity index is 2.09. The lowest BCUT2D eigenvalue weighted by Crippen LogP contribution is -2.60. The van der Waals surface area contributed by atoms with Gasteiger partial charge in [-0.15, -0.1) is 0 Å². The van der Waals surface area contributed by atoms with E-state index in [0.29, 0.717) is 12.5 Å². The minimum atomic E-state index is -0.381. The van der Waals surface area contributed by atoms with E-state index >= 15 is 0 Å². The minimum absolute atomic E-state index is 0.0725. The number of rotatable bonds is 4. The molecule has 3 N–H and O–H groups in total. The van der Waals surface area contributed by atoms with Crippen LogP contribution in [-0.4, -0.2) is 55.6 Å². The third kappa shape index (κ3) is 3.68. The molecule has 1 aromatic carbocycles. The summed E-state index contributed by atoms with van der Waals surface area (Å²) in [7, 11) is 4.21. The molecule has 1 aliphatic heterocycles. The van der Waals surface area contributed by atoms with Gasteiger partial charge in [0, 0.05) is 31.7 Å². The average Bonchev–Trinajstić information content (AvgIpc) is 2.43. The number of hydrogen-bond donors (Lipinski definition) is 2. The van der Waals surface area contributed by atoms with Gasteiger partial charge in [0.25, 0.3) is 0 Å². The Morgan fingerprint density at radius 2 is 2.20 bits per heavy atom. The average molecular weight is 301 g/mol. The van der Waals surface area contributed by atoms with E-state index < -0.39 is 0 Å². The molecule has 2 rings (SSSR count). The Kier molecular flexibility index (Phi) is 5.35. The van der Waals surface area contributed by atoms with Gasteiger partial charge in [0.15, 0.2) is 0 Å². The van der Waals surface area contributed by atoms with Crippen LogP contribution in [0.4, 0.5) is 4.39 Å². The molecule has 2 unspecified atom stereocenters. The highest BCUT2D eigenvalue weighted by Gasteiger charge is 2.29. The zero-order valence-corrected chi connectivity index (χ0v) is 12.7. The number of benzene rings is 1. The molecule has 0 aliphatic carbocycles. The number of hydrazine groups is 1. The highest BCUT2D eigenvalue weighted by Crippen LogP contribution is 2.19. The van der Waals surface area contributed by atoms with Crippen LogP contribution in [0.3, 0.4) is 0 Å². The number of likely N-dealkylation sites (N-methyl/N-ethyl adjacent to an activating group) is 2. The second kappa shape index (κ2) is 6.83. The fraction of sp³-hybridized carbons (Fsp3) is 0.571. The van der Waals surface area contributed by atoms with Gasteiger partial charge in [0.2, 0.25) is 0 Å². The fourth-order valence-corrected chi connectivity index (χ4v) is 2.82. The van der Waals surface area contributed by atoms with Crippen LogP contribution in [0.25, 0.3) is 0 Å². The number of piperazine rings is 1. The molecule has 0 bridgehead atoms. The standard InChI is InChI=1S/C14H22ClFN4/c1-19-5-6-20(2)14(9-19)13(18-17)8-10-3-4-11(15)12(16)7-10/h3-4,7,13-14,18H,5-6,8-9,17H2,1-2H3. The van der Waals surface area contributed by atoms with Gasteiger partial charge >= 0.3 is 0 Å². The highest BCUT2D eigenvalue weighted by atomic mass is 35.5. The van der Waals surface area contributed by atoms with Crippen molar-refractivity contribution in [3.8, 4) is 0 Å². The molecule has 2 atom stereocenters. The first-order valence-corrected chi connectivity index (χ1v) is 7.18. The summed E-state index contributed by atoms with van der Waals surface area (Å²) in [6.07, 6.45) is 0.674. The van der Waals surface area contributed by atoms with Crippen LogP contribution in [0, 0.1) is 5.82 Å². The van der Waals surface area contributed by atoms with Gasteiger partial charge in [0.05, 0.1) is 5.02 Å². The Hall–Kier alpha value is -0.720. The zero-order valence-electron chi connectivity index (χ0n) is 11.9. The molecule has 0 spiro atoms. The molecular weight excluding hydrogens is 279 g/mol. The van der Waals surface area contributed by atoms with Crippen LogP contribution in [-0.2, 0) is 6.42 Å². The maximum Gasteiger partial charge on any atom is 0.142 e. The Morgan fingerprint density at radius 3 is 2.85 bits per heavy atom. The molecule has 1 fully saturated rings. The van der Waals surface area contributed by atoms with Crippen molar-refractivity contribution in [3.63, 3.8) is 0 Å². The van der Waals surface area contributed by atoms with Crippen LogP contribution in [0.15, 0.2) is 18.2 Å². The molecule has 1 aliphatic rings. The van der Waals surface area contributed by atoms with Gasteiger partial charge in [-0.25, -0.2) is 4.39 Å². The second-order valence-electron chi connectivity index (χ2n) is 5.54. The van der Waals surface area contributed by atoms with Crippen LogP contribution < -0.4 is 11.3 Å². The lowest BCUT2D eigenvalue weighted by molar-refractivity contribution is 0.0877. The molecule has 20 heavy (non-hydrogen) atoms. The molecule has 0 saturated carbocycles. The van der Waals surface area contributed by atoms with Gasteiger partial charge in [0.1, 0.15) is 5.82 Å². The third-order valence-electron chi connectivity index (χ3n) is 4.02. The van der Waals surface area contributed by atoms with Crippen molar-refractivity contribution in [1.29, 1.82) is 0 Å². The minimum Gasteiger partial charge on any atom is -0.303 e. The van der Waals surface area contributed by atoms with Crippen LogP contribution >= 0.6 is 11.6 Å². The summed E-state index contributed by atoms with van der Waals surface area (Å²) in [6, 6.07) is 5.30. The van der Waals surface area contributed by atoms with E-state index in [2.05, 4.69) is 29.3 Å². The van der Waals surface area contributed by atoms with Crippen molar-refractivity contribution in [1.82, 2.24) is 15.2 Å². The summed E-state index contributed by atoms with van der Waals surface area (Å²) in [5.41, 5.74) is 3.78. The summed E-state index contributed by atoms with van der Waals surface area (Å²) in [5, 5.41) is 0.153. The number of halogens is 2. The van der Waals surface area contributed by atoms with Crippen molar-refractivity contribution in [2.24, 2.45) is 5.84 Å². The van der Waals surface area contributed by atoms with Crippen molar-refractivity contribution in [3.05, 3.63) is 34.6 Å². The Bertz CT molecular complexity index is 457. The van der Waals surface area contributed by atoms with E-state index in [1.807, 2.05) is 6.07 Å². The van der Waals surface area contributed by atoms with E-state index in [4.69, 9.17) is 17.4 Å². The predicted octanol–water partition coefficient (Wildman–Crippen LogP) is 1.10. The van der Waals surface area contributed by atoms with Crippen molar-refractivity contribution in [2.75, 3.05) is 33.7 Å². The number of hydrogen-bond acceptors (Lipinski definition) is 4. The third-order valence-corrected chi connectivity index (χ3v) is 4.32. The molecule has 4 nitrogen and oxygen atoms in total. The molecule has 112 valence electrons. The van der Waals surface area contributed by atoms with Crippen LogP contribution in [0.5, 0.6) is 0 Å². The molecule has 0 amide bonds. The maximum atomic E-state index is 13.5. The van der Waals surface area contributed by atoms with Crippen molar-refractivity contribution >= 4 is 11.6 Å². The predicted molar refractivity (Wildman–Crippen MR) is 80.1 cm³/mol. The van der Waals surface area contributed by atoms with Gasteiger partial charge in [-0.2, -0.15) is 0 Å². The summed E-state index contributed by atoms with van der Waals surface area (Å²) < 4.78 is 13.5. The molecule has 1 saturated heterocycles. The monoisotopic (exact) mass is 300 g/mol. The van der Waals surface area contributed by atoms with Gasteiger partial charge < -0.3 is 4.90 Å². The maximum absolute atomic E-state index is 13.5. The number of nitrogens with two attached hydrogens (primary N) is 1. The van der Waals surface area contributed by atoms with E-state index in [1.54, 1.807) is 6.07 Å². The van der Waals surface area contributed by atoms with E-state index in [1.165, 1.54) is 6.07 Å².